The van der Waals surface area contributed by atoms with Gasteiger partial charge < -0.3 is 20.2 Å². The number of rotatable bonds is 6. The summed E-state index contributed by atoms with van der Waals surface area (Å²) in [5, 5.41) is 2.82. The van der Waals surface area contributed by atoms with Gasteiger partial charge in [-0.15, -0.1) is 12.4 Å². The van der Waals surface area contributed by atoms with Gasteiger partial charge in [0.1, 0.15) is 17.8 Å². The predicted molar refractivity (Wildman–Crippen MR) is 88.6 cm³/mol. The van der Waals surface area contributed by atoms with E-state index in [1.165, 1.54) is 6.26 Å². The van der Waals surface area contributed by atoms with Crippen molar-refractivity contribution in [2.45, 2.75) is 20.4 Å². The number of amides is 1. The van der Waals surface area contributed by atoms with Gasteiger partial charge in [0.2, 0.25) is 0 Å². The highest BCUT2D eigenvalue weighted by molar-refractivity contribution is 6.04. The molecule has 1 amide bonds. The van der Waals surface area contributed by atoms with E-state index in [4.69, 9.17) is 14.9 Å². The summed E-state index contributed by atoms with van der Waals surface area (Å²) in [4.78, 5) is 12.2. The molecular formula is C16H21ClN2O3. The first-order valence-corrected chi connectivity index (χ1v) is 6.90. The summed E-state index contributed by atoms with van der Waals surface area (Å²) >= 11 is 0. The van der Waals surface area contributed by atoms with Gasteiger partial charge in [-0.25, -0.2) is 0 Å². The van der Waals surface area contributed by atoms with E-state index in [0.717, 1.165) is 0 Å². The Hall–Kier alpha value is -1.98. The molecule has 5 nitrogen and oxygen atoms in total. The fraction of sp³-hybridized carbons (Fsp3) is 0.312. The lowest BCUT2D eigenvalue weighted by Crippen LogP contribution is -2.13. The second-order valence-electron chi connectivity index (χ2n) is 5.16. The van der Waals surface area contributed by atoms with Crippen LogP contribution < -0.4 is 15.8 Å². The van der Waals surface area contributed by atoms with Crippen molar-refractivity contribution < 1.29 is 13.9 Å². The Balaban J connectivity index is 0.00000242. The Kier molecular flexibility index (Phi) is 6.95. The maximum atomic E-state index is 12.2. The first-order valence-electron chi connectivity index (χ1n) is 6.90. The first kappa shape index (κ1) is 18.1. The van der Waals surface area contributed by atoms with Crippen molar-refractivity contribution in [1.82, 2.24) is 0 Å². The van der Waals surface area contributed by atoms with Gasteiger partial charge in [-0.05, 0) is 24.1 Å². The molecule has 120 valence electrons. The lowest BCUT2D eigenvalue weighted by Gasteiger charge is -2.13. The Labute approximate surface area is 136 Å². The number of nitrogens with one attached hydrogen (secondary N) is 1. The lowest BCUT2D eigenvalue weighted by atomic mass is 10.2. The van der Waals surface area contributed by atoms with Gasteiger partial charge in [-0.2, -0.15) is 0 Å². The standard InChI is InChI=1S/C16H20N2O3.ClH/c1-11(2)9-21-15-6-4-3-5-14(15)18-16(19)12-7-13(8-17)20-10-12;/h3-7,10-11H,8-9,17H2,1-2H3,(H,18,19);1H. The van der Waals surface area contributed by atoms with E-state index in [2.05, 4.69) is 19.2 Å². The van der Waals surface area contributed by atoms with Crippen molar-refractivity contribution in [1.29, 1.82) is 0 Å². The van der Waals surface area contributed by atoms with Gasteiger partial charge in [0.05, 0.1) is 24.4 Å². The monoisotopic (exact) mass is 324 g/mol. The maximum Gasteiger partial charge on any atom is 0.259 e. The van der Waals surface area contributed by atoms with E-state index in [9.17, 15) is 4.79 Å². The summed E-state index contributed by atoms with van der Waals surface area (Å²) in [6.07, 6.45) is 1.40. The summed E-state index contributed by atoms with van der Waals surface area (Å²) < 4.78 is 10.9. The van der Waals surface area contributed by atoms with Crippen molar-refractivity contribution in [2.24, 2.45) is 11.7 Å². The number of hydrogen-bond donors (Lipinski definition) is 2. The zero-order valence-corrected chi connectivity index (χ0v) is 13.5. The van der Waals surface area contributed by atoms with Crippen LogP contribution in [0.2, 0.25) is 0 Å². The molecule has 0 bridgehead atoms. The largest absolute Gasteiger partial charge is 0.491 e. The number of hydrogen-bond acceptors (Lipinski definition) is 4. The quantitative estimate of drug-likeness (QED) is 0.853. The molecule has 0 unspecified atom stereocenters. The van der Waals surface area contributed by atoms with E-state index in [0.29, 0.717) is 35.3 Å². The van der Waals surface area contributed by atoms with Crippen LogP contribution >= 0.6 is 12.4 Å². The molecule has 0 spiro atoms. The number of carbonyl (C=O) groups is 1. The number of nitrogens with two attached hydrogens (primary N) is 1. The lowest BCUT2D eigenvalue weighted by molar-refractivity contribution is 0.102. The molecule has 1 heterocycles. The number of anilines is 1. The minimum atomic E-state index is -0.251. The van der Waals surface area contributed by atoms with E-state index < -0.39 is 0 Å². The number of halogens is 1. The second kappa shape index (κ2) is 8.46. The van der Waals surface area contributed by atoms with Crippen molar-refractivity contribution in [3.8, 4) is 5.75 Å². The topological polar surface area (TPSA) is 77.5 Å². The zero-order chi connectivity index (χ0) is 15.2. The Morgan fingerprint density at radius 2 is 2.09 bits per heavy atom. The highest BCUT2D eigenvalue weighted by Gasteiger charge is 2.12. The highest BCUT2D eigenvalue weighted by atomic mass is 35.5. The van der Waals surface area contributed by atoms with Crippen LogP contribution in [0.1, 0.15) is 30.0 Å². The number of ether oxygens (including phenoxy) is 1. The maximum absolute atomic E-state index is 12.2. The van der Waals surface area contributed by atoms with Gasteiger partial charge in [0.25, 0.3) is 5.91 Å². The van der Waals surface area contributed by atoms with Gasteiger partial charge in [-0.1, -0.05) is 26.0 Å². The van der Waals surface area contributed by atoms with E-state index in [1.807, 2.05) is 18.2 Å². The molecule has 0 aliphatic heterocycles. The third kappa shape index (κ3) is 4.79. The van der Waals surface area contributed by atoms with Crippen LogP contribution in [0, 0.1) is 5.92 Å². The van der Waals surface area contributed by atoms with Crippen LogP contribution in [-0.4, -0.2) is 12.5 Å². The van der Waals surface area contributed by atoms with Gasteiger partial charge in [0.15, 0.2) is 0 Å². The Morgan fingerprint density at radius 1 is 1.36 bits per heavy atom. The molecule has 0 atom stereocenters. The van der Waals surface area contributed by atoms with Gasteiger partial charge in [0, 0.05) is 0 Å². The number of para-hydroxylation sites is 2. The molecule has 0 saturated carbocycles. The van der Waals surface area contributed by atoms with Crippen LogP contribution in [-0.2, 0) is 6.54 Å². The number of furan rings is 1. The molecule has 3 N–H and O–H groups in total. The fourth-order valence-electron chi connectivity index (χ4n) is 1.75. The molecule has 2 rings (SSSR count). The average Bonchev–Trinajstić information content (AvgIpc) is 2.95. The zero-order valence-electron chi connectivity index (χ0n) is 12.7. The summed E-state index contributed by atoms with van der Waals surface area (Å²) in [5.74, 6) is 1.39. The summed E-state index contributed by atoms with van der Waals surface area (Å²) in [5.41, 5.74) is 6.54. The van der Waals surface area contributed by atoms with Crippen molar-refractivity contribution in [2.75, 3.05) is 11.9 Å². The van der Waals surface area contributed by atoms with E-state index in [-0.39, 0.29) is 24.9 Å². The van der Waals surface area contributed by atoms with Gasteiger partial charge in [-0.3, -0.25) is 4.79 Å². The molecule has 0 radical (unpaired) electrons. The fourth-order valence-corrected chi connectivity index (χ4v) is 1.75. The van der Waals surface area contributed by atoms with Crippen LogP contribution in [0.4, 0.5) is 5.69 Å². The number of benzene rings is 1. The third-order valence-electron chi connectivity index (χ3n) is 2.82. The Morgan fingerprint density at radius 3 is 2.73 bits per heavy atom. The van der Waals surface area contributed by atoms with Gasteiger partial charge >= 0.3 is 0 Å². The van der Waals surface area contributed by atoms with E-state index in [1.54, 1.807) is 12.1 Å². The molecule has 2 aromatic rings. The normalized spacial score (nSPS) is 10.2. The first-order chi connectivity index (χ1) is 10.1. The van der Waals surface area contributed by atoms with Crippen LogP contribution in [0.25, 0.3) is 0 Å². The summed E-state index contributed by atoms with van der Waals surface area (Å²) in [6.45, 7) is 5.00. The van der Waals surface area contributed by atoms with Crippen molar-refractivity contribution in [3.63, 3.8) is 0 Å². The Bertz CT molecular complexity index is 611. The molecule has 1 aromatic carbocycles. The van der Waals surface area contributed by atoms with Crippen molar-refractivity contribution in [3.05, 3.63) is 47.9 Å². The number of carbonyl (C=O) groups excluding carboxylic acids is 1. The van der Waals surface area contributed by atoms with E-state index >= 15 is 0 Å². The third-order valence-corrected chi connectivity index (χ3v) is 2.82. The SMILES string of the molecule is CC(C)COc1ccccc1NC(=O)c1coc(CN)c1.Cl. The molecular weight excluding hydrogens is 304 g/mol. The minimum absolute atomic E-state index is 0. The minimum Gasteiger partial charge on any atom is -0.491 e. The highest BCUT2D eigenvalue weighted by Crippen LogP contribution is 2.25. The summed E-state index contributed by atoms with van der Waals surface area (Å²) in [6, 6.07) is 8.98. The molecule has 0 saturated heterocycles. The second-order valence-corrected chi connectivity index (χ2v) is 5.16. The molecule has 6 heteroatoms. The predicted octanol–water partition coefficient (Wildman–Crippen LogP) is 3.45. The molecule has 0 fully saturated rings. The van der Waals surface area contributed by atoms with Crippen LogP contribution in [0.3, 0.4) is 0 Å². The molecule has 22 heavy (non-hydrogen) atoms. The van der Waals surface area contributed by atoms with Crippen molar-refractivity contribution >= 4 is 24.0 Å². The molecule has 1 aromatic heterocycles. The smallest absolute Gasteiger partial charge is 0.259 e. The molecule has 0 aliphatic rings. The average molecular weight is 325 g/mol. The van der Waals surface area contributed by atoms with Crippen LogP contribution in [0.5, 0.6) is 5.75 Å². The van der Waals surface area contributed by atoms with Crippen LogP contribution in [0.15, 0.2) is 41.0 Å². The summed E-state index contributed by atoms with van der Waals surface area (Å²) in [7, 11) is 0. The molecule has 0 aliphatic carbocycles.